The Morgan fingerprint density at radius 1 is 1.56 bits per heavy atom. The molecule has 0 saturated heterocycles. The van der Waals surface area contributed by atoms with Gasteiger partial charge in [-0.15, -0.1) is 0 Å². The van der Waals surface area contributed by atoms with Gasteiger partial charge in [0.2, 0.25) is 5.91 Å². The van der Waals surface area contributed by atoms with Crippen molar-refractivity contribution in [3.63, 3.8) is 0 Å². The number of carbonyl (C=O) groups excluding carboxylic acids is 1. The number of anilines is 1. The van der Waals surface area contributed by atoms with Crippen LogP contribution in [0.1, 0.15) is 44.3 Å². The number of rotatable bonds is 3. The van der Waals surface area contributed by atoms with Gasteiger partial charge in [0.25, 0.3) is 0 Å². The number of aliphatic hydroxyl groups is 1. The highest BCUT2D eigenvalue weighted by molar-refractivity contribution is 5.94. The highest BCUT2D eigenvalue weighted by Gasteiger charge is 2.27. The summed E-state index contributed by atoms with van der Waals surface area (Å²) in [7, 11) is 0. The molecule has 0 saturated carbocycles. The Hall–Kier alpha value is -1.42. The number of hydrogen-bond donors (Lipinski definition) is 1. The minimum atomic E-state index is -0.675. The Kier molecular flexibility index (Phi) is 3.97. The Balaban J connectivity index is 2.26. The molecule has 3 nitrogen and oxygen atoms in total. The molecule has 98 valence electrons. The molecule has 1 unspecified atom stereocenters. The molecule has 2 rings (SSSR count). The number of halogens is 1. The van der Waals surface area contributed by atoms with Crippen molar-refractivity contribution in [1.29, 1.82) is 0 Å². The van der Waals surface area contributed by atoms with Gasteiger partial charge in [-0.1, -0.05) is 13.3 Å². The van der Waals surface area contributed by atoms with Gasteiger partial charge >= 0.3 is 0 Å². The smallest absolute Gasteiger partial charge is 0.226 e. The predicted molar refractivity (Wildman–Crippen MR) is 67.9 cm³/mol. The van der Waals surface area contributed by atoms with Crippen LogP contribution in [0.4, 0.5) is 10.1 Å². The summed E-state index contributed by atoms with van der Waals surface area (Å²) < 4.78 is 13.2. The summed E-state index contributed by atoms with van der Waals surface area (Å²) in [6.45, 7) is 2.54. The fourth-order valence-corrected chi connectivity index (χ4v) is 2.29. The molecular weight excluding hydrogens is 233 g/mol. The third kappa shape index (κ3) is 2.53. The number of hydrogen-bond acceptors (Lipinski definition) is 2. The summed E-state index contributed by atoms with van der Waals surface area (Å²) in [5, 5.41) is 9.86. The molecule has 4 heteroatoms. The fourth-order valence-electron chi connectivity index (χ4n) is 2.29. The van der Waals surface area contributed by atoms with Crippen molar-refractivity contribution in [2.45, 2.75) is 38.7 Å². The van der Waals surface area contributed by atoms with E-state index in [0.717, 1.165) is 12.8 Å². The number of fused-ring (bicyclic) bond motifs is 1. The summed E-state index contributed by atoms with van der Waals surface area (Å²) in [4.78, 5) is 13.7. The topological polar surface area (TPSA) is 40.5 Å². The van der Waals surface area contributed by atoms with Crippen LogP contribution < -0.4 is 4.90 Å². The molecule has 1 aromatic carbocycles. The van der Waals surface area contributed by atoms with Gasteiger partial charge in [0.05, 0.1) is 6.10 Å². The second kappa shape index (κ2) is 5.48. The van der Waals surface area contributed by atoms with Crippen LogP contribution in [0.5, 0.6) is 0 Å². The first kappa shape index (κ1) is 13.0. The van der Waals surface area contributed by atoms with Crippen molar-refractivity contribution in [2.75, 3.05) is 11.4 Å². The lowest BCUT2D eigenvalue weighted by molar-refractivity contribution is -0.118. The highest BCUT2D eigenvalue weighted by Crippen LogP contribution is 2.34. The van der Waals surface area contributed by atoms with Crippen LogP contribution in [-0.2, 0) is 4.79 Å². The number of nitrogens with zero attached hydrogens (tertiary/aromatic N) is 1. The average Bonchev–Trinajstić information content (AvgIpc) is 2.37. The Morgan fingerprint density at radius 3 is 3.06 bits per heavy atom. The minimum absolute atomic E-state index is 0.0524. The van der Waals surface area contributed by atoms with Crippen LogP contribution >= 0.6 is 0 Å². The molecule has 0 spiro atoms. The van der Waals surface area contributed by atoms with E-state index in [9.17, 15) is 14.3 Å². The molecule has 1 heterocycles. The van der Waals surface area contributed by atoms with E-state index in [4.69, 9.17) is 0 Å². The van der Waals surface area contributed by atoms with Crippen LogP contribution in [0.25, 0.3) is 0 Å². The molecule has 0 aliphatic carbocycles. The largest absolute Gasteiger partial charge is 0.388 e. The molecular formula is C14H18FNO2. The zero-order valence-corrected chi connectivity index (χ0v) is 10.5. The van der Waals surface area contributed by atoms with Gasteiger partial charge in [0, 0.05) is 24.2 Å². The van der Waals surface area contributed by atoms with E-state index >= 15 is 0 Å². The number of benzene rings is 1. The summed E-state index contributed by atoms with van der Waals surface area (Å²) in [5.41, 5.74) is 1.17. The van der Waals surface area contributed by atoms with Gasteiger partial charge in [-0.25, -0.2) is 4.39 Å². The van der Waals surface area contributed by atoms with Crippen LogP contribution in [0, 0.1) is 5.82 Å². The van der Waals surface area contributed by atoms with Crippen molar-refractivity contribution in [1.82, 2.24) is 0 Å². The van der Waals surface area contributed by atoms with Crippen molar-refractivity contribution < 1.29 is 14.3 Å². The van der Waals surface area contributed by atoms with Crippen molar-refractivity contribution in [3.8, 4) is 0 Å². The third-order valence-electron chi connectivity index (χ3n) is 3.31. The lowest BCUT2D eigenvalue weighted by atomic mass is 9.98. The zero-order chi connectivity index (χ0) is 13.1. The molecule has 1 aliphatic rings. The molecule has 1 atom stereocenters. The molecule has 0 aromatic heterocycles. The number of aliphatic hydroxyl groups excluding tert-OH is 1. The van der Waals surface area contributed by atoms with Crippen LogP contribution in [0.3, 0.4) is 0 Å². The van der Waals surface area contributed by atoms with E-state index in [1.54, 1.807) is 11.0 Å². The van der Waals surface area contributed by atoms with Crippen LogP contribution in [-0.4, -0.2) is 17.6 Å². The van der Waals surface area contributed by atoms with Gasteiger partial charge in [0.1, 0.15) is 5.82 Å². The van der Waals surface area contributed by atoms with Crippen molar-refractivity contribution in [3.05, 3.63) is 29.6 Å². The van der Waals surface area contributed by atoms with E-state index < -0.39 is 6.10 Å². The van der Waals surface area contributed by atoms with Crippen LogP contribution in [0.15, 0.2) is 18.2 Å². The quantitative estimate of drug-likeness (QED) is 0.897. The standard InChI is InChI=1S/C14H18FNO2/c1-2-3-4-14(18)16-8-7-13(17)11-9-10(15)5-6-12(11)16/h5-6,9,13,17H,2-4,7-8H2,1H3. The molecule has 18 heavy (non-hydrogen) atoms. The number of carbonyl (C=O) groups is 1. The van der Waals surface area contributed by atoms with Crippen molar-refractivity contribution in [2.24, 2.45) is 0 Å². The normalized spacial score (nSPS) is 18.6. The maximum absolute atomic E-state index is 13.2. The van der Waals surface area contributed by atoms with E-state index in [1.165, 1.54) is 12.1 Å². The highest BCUT2D eigenvalue weighted by atomic mass is 19.1. The second-order valence-corrected chi connectivity index (χ2v) is 4.66. The SMILES string of the molecule is CCCCC(=O)N1CCC(O)c2cc(F)ccc21. The van der Waals surface area contributed by atoms with E-state index in [0.29, 0.717) is 30.6 Å². The molecule has 1 aromatic rings. The lowest BCUT2D eigenvalue weighted by Gasteiger charge is -2.32. The van der Waals surface area contributed by atoms with E-state index in [1.807, 2.05) is 6.92 Å². The summed E-state index contributed by atoms with van der Waals surface area (Å²) in [6.07, 6.45) is 2.12. The molecule has 0 radical (unpaired) electrons. The van der Waals surface area contributed by atoms with E-state index in [-0.39, 0.29) is 11.7 Å². The molecule has 0 bridgehead atoms. The summed E-state index contributed by atoms with van der Waals surface area (Å²) in [5.74, 6) is -0.327. The summed E-state index contributed by atoms with van der Waals surface area (Å²) >= 11 is 0. The van der Waals surface area contributed by atoms with E-state index in [2.05, 4.69) is 0 Å². The first-order chi connectivity index (χ1) is 8.63. The molecule has 1 amide bonds. The first-order valence-corrected chi connectivity index (χ1v) is 6.41. The monoisotopic (exact) mass is 251 g/mol. The second-order valence-electron chi connectivity index (χ2n) is 4.66. The Bertz CT molecular complexity index is 447. The zero-order valence-electron chi connectivity index (χ0n) is 10.5. The maximum atomic E-state index is 13.2. The minimum Gasteiger partial charge on any atom is -0.388 e. The van der Waals surface area contributed by atoms with Gasteiger partial charge in [0.15, 0.2) is 0 Å². The lowest BCUT2D eigenvalue weighted by Crippen LogP contribution is -2.36. The summed E-state index contributed by atoms with van der Waals surface area (Å²) in [6, 6.07) is 4.23. The fraction of sp³-hybridized carbons (Fsp3) is 0.500. The predicted octanol–water partition coefficient (Wildman–Crippen LogP) is 2.79. The third-order valence-corrected chi connectivity index (χ3v) is 3.31. The molecule has 1 aliphatic heterocycles. The average molecular weight is 251 g/mol. The molecule has 1 N–H and O–H groups in total. The Labute approximate surface area is 106 Å². The van der Waals surface area contributed by atoms with Gasteiger partial charge in [-0.2, -0.15) is 0 Å². The van der Waals surface area contributed by atoms with Crippen LogP contribution in [0.2, 0.25) is 0 Å². The van der Waals surface area contributed by atoms with Crippen molar-refractivity contribution >= 4 is 11.6 Å². The maximum Gasteiger partial charge on any atom is 0.226 e. The van der Waals surface area contributed by atoms with Gasteiger partial charge in [-0.3, -0.25) is 4.79 Å². The first-order valence-electron chi connectivity index (χ1n) is 6.41. The number of amides is 1. The Morgan fingerprint density at radius 2 is 2.33 bits per heavy atom. The van der Waals surface area contributed by atoms with Gasteiger partial charge in [-0.05, 0) is 31.0 Å². The molecule has 0 fully saturated rings. The van der Waals surface area contributed by atoms with Gasteiger partial charge < -0.3 is 10.0 Å². The number of unbranched alkanes of at least 4 members (excludes halogenated alkanes) is 1.